The van der Waals surface area contributed by atoms with Crippen LogP contribution in [0, 0.1) is 0 Å². The molecule has 0 unspecified atom stereocenters. The second-order valence-electron chi connectivity index (χ2n) is 6.62. The second kappa shape index (κ2) is 7.36. The van der Waals surface area contributed by atoms with E-state index in [9.17, 15) is 4.79 Å². The fourth-order valence-corrected chi connectivity index (χ4v) is 3.58. The first-order chi connectivity index (χ1) is 11.1. The van der Waals surface area contributed by atoms with Crippen molar-refractivity contribution in [3.63, 3.8) is 0 Å². The first kappa shape index (κ1) is 16.3. The zero-order valence-corrected chi connectivity index (χ0v) is 14.0. The van der Waals surface area contributed by atoms with Gasteiger partial charge in [-0.25, -0.2) is 4.79 Å². The Bertz CT molecular complexity index is 489. The number of hydrogen-bond donors (Lipinski definition) is 1. The Labute approximate surface area is 137 Å². The highest BCUT2D eigenvalue weighted by atomic mass is 16.5. The van der Waals surface area contributed by atoms with Crippen LogP contribution in [0.4, 0.5) is 4.79 Å². The molecular formula is C17H27N3O3. The topological polar surface area (TPSA) is 58.0 Å². The summed E-state index contributed by atoms with van der Waals surface area (Å²) in [7, 11) is 0. The molecule has 0 aliphatic carbocycles. The summed E-state index contributed by atoms with van der Waals surface area (Å²) in [6, 6.07) is 4.01. The zero-order chi connectivity index (χ0) is 16.2. The summed E-state index contributed by atoms with van der Waals surface area (Å²) >= 11 is 0. The van der Waals surface area contributed by atoms with Gasteiger partial charge in [0.05, 0.1) is 24.5 Å². The molecule has 2 saturated heterocycles. The van der Waals surface area contributed by atoms with Crippen LogP contribution in [0.5, 0.6) is 0 Å². The Morgan fingerprint density at radius 2 is 2.00 bits per heavy atom. The molecule has 2 aliphatic heterocycles. The third-order valence-corrected chi connectivity index (χ3v) is 4.61. The van der Waals surface area contributed by atoms with Crippen molar-refractivity contribution in [2.24, 2.45) is 0 Å². The second-order valence-corrected chi connectivity index (χ2v) is 6.62. The van der Waals surface area contributed by atoms with Gasteiger partial charge in [-0.2, -0.15) is 0 Å². The molecule has 23 heavy (non-hydrogen) atoms. The number of ether oxygens (including phenoxy) is 1. The zero-order valence-electron chi connectivity index (χ0n) is 14.0. The fourth-order valence-electron chi connectivity index (χ4n) is 3.58. The lowest BCUT2D eigenvalue weighted by atomic mass is 10.2. The number of likely N-dealkylation sites (tertiary alicyclic amines) is 1. The molecule has 0 saturated carbocycles. The maximum Gasteiger partial charge on any atom is 0.317 e. The molecule has 0 radical (unpaired) electrons. The summed E-state index contributed by atoms with van der Waals surface area (Å²) in [6.07, 6.45) is 4.30. The SMILES string of the molecule is C[C@@H]1CN(C(=O)NC[C@@H](c2ccco2)N2CCCC2)C[C@H](C)O1. The molecule has 3 heterocycles. The quantitative estimate of drug-likeness (QED) is 0.924. The van der Waals surface area contributed by atoms with E-state index < -0.39 is 0 Å². The lowest BCUT2D eigenvalue weighted by Gasteiger charge is -2.36. The number of morpholine rings is 1. The number of carbonyl (C=O) groups excluding carboxylic acids is 1. The molecule has 1 aromatic heterocycles. The average molecular weight is 321 g/mol. The van der Waals surface area contributed by atoms with E-state index in [0.717, 1.165) is 18.8 Å². The number of carbonyl (C=O) groups is 1. The van der Waals surface area contributed by atoms with E-state index in [1.807, 2.05) is 30.9 Å². The molecule has 3 atom stereocenters. The van der Waals surface area contributed by atoms with E-state index >= 15 is 0 Å². The van der Waals surface area contributed by atoms with E-state index in [1.54, 1.807) is 6.26 Å². The summed E-state index contributed by atoms with van der Waals surface area (Å²) < 4.78 is 11.3. The van der Waals surface area contributed by atoms with Crippen molar-refractivity contribution < 1.29 is 13.9 Å². The van der Waals surface area contributed by atoms with Crippen molar-refractivity contribution in [1.82, 2.24) is 15.1 Å². The number of urea groups is 1. The first-order valence-electron chi connectivity index (χ1n) is 8.59. The number of nitrogens with one attached hydrogen (secondary N) is 1. The summed E-state index contributed by atoms with van der Waals surface area (Å²) in [6.45, 7) is 8.00. The normalized spacial score (nSPS) is 27.1. The average Bonchev–Trinajstić information content (AvgIpc) is 3.20. The van der Waals surface area contributed by atoms with Gasteiger partial charge in [-0.15, -0.1) is 0 Å². The van der Waals surface area contributed by atoms with E-state index in [1.165, 1.54) is 12.8 Å². The van der Waals surface area contributed by atoms with Gasteiger partial charge in [0.15, 0.2) is 0 Å². The molecule has 1 N–H and O–H groups in total. The number of amides is 2. The minimum Gasteiger partial charge on any atom is -0.468 e. The molecule has 128 valence electrons. The molecule has 2 amide bonds. The van der Waals surface area contributed by atoms with Crippen LogP contribution in [-0.2, 0) is 4.74 Å². The van der Waals surface area contributed by atoms with Crippen molar-refractivity contribution >= 4 is 6.03 Å². The highest BCUT2D eigenvalue weighted by Gasteiger charge is 2.29. The Kier molecular flexibility index (Phi) is 5.23. The van der Waals surface area contributed by atoms with Crippen LogP contribution in [0.25, 0.3) is 0 Å². The summed E-state index contributed by atoms with van der Waals surface area (Å²) in [4.78, 5) is 16.7. The molecule has 6 nitrogen and oxygen atoms in total. The minimum absolute atomic E-state index is 0.0113. The Morgan fingerprint density at radius 1 is 1.30 bits per heavy atom. The van der Waals surface area contributed by atoms with Gasteiger partial charge >= 0.3 is 6.03 Å². The third kappa shape index (κ3) is 4.06. The molecule has 2 fully saturated rings. The molecule has 0 aromatic carbocycles. The van der Waals surface area contributed by atoms with E-state index in [4.69, 9.17) is 9.15 Å². The van der Waals surface area contributed by atoms with Gasteiger partial charge in [0.1, 0.15) is 5.76 Å². The maximum absolute atomic E-state index is 12.5. The Hall–Kier alpha value is -1.53. The summed E-state index contributed by atoms with van der Waals surface area (Å²) in [5.74, 6) is 0.927. The maximum atomic E-state index is 12.5. The summed E-state index contributed by atoms with van der Waals surface area (Å²) in [5.41, 5.74) is 0. The third-order valence-electron chi connectivity index (χ3n) is 4.61. The van der Waals surface area contributed by atoms with Crippen molar-refractivity contribution in [3.8, 4) is 0 Å². The van der Waals surface area contributed by atoms with Crippen LogP contribution in [0.2, 0.25) is 0 Å². The highest BCUT2D eigenvalue weighted by Crippen LogP contribution is 2.25. The van der Waals surface area contributed by atoms with E-state index in [2.05, 4.69) is 10.2 Å². The van der Waals surface area contributed by atoms with Crippen molar-refractivity contribution in [2.75, 3.05) is 32.7 Å². The largest absolute Gasteiger partial charge is 0.468 e. The van der Waals surface area contributed by atoms with Crippen LogP contribution in [-0.4, -0.2) is 60.8 Å². The predicted octanol–water partition coefficient (Wildman–Crippen LogP) is 2.24. The Balaban J connectivity index is 1.58. The number of rotatable bonds is 4. The fraction of sp³-hybridized carbons (Fsp3) is 0.706. The number of nitrogens with zero attached hydrogens (tertiary/aromatic N) is 2. The van der Waals surface area contributed by atoms with E-state index in [0.29, 0.717) is 19.6 Å². The predicted molar refractivity (Wildman–Crippen MR) is 87.2 cm³/mol. The lowest BCUT2D eigenvalue weighted by molar-refractivity contribution is -0.0546. The number of furan rings is 1. The molecule has 6 heteroatoms. The van der Waals surface area contributed by atoms with Gasteiger partial charge < -0.3 is 19.4 Å². The van der Waals surface area contributed by atoms with Crippen LogP contribution in [0.1, 0.15) is 38.5 Å². The van der Waals surface area contributed by atoms with Crippen LogP contribution in [0.3, 0.4) is 0 Å². The monoisotopic (exact) mass is 321 g/mol. The highest BCUT2D eigenvalue weighted by molar-refractivity contribution is 5.74. The van der Waals surface area contributed by atoms with Gasteiger partial charge in [0, 0.05) is 19.6 Å². The van der Waals surface area contributed by atoms with Gasteiger partial charge in [-0.3, -0.25) is 4.90 Å². The van der Waals surface area contributed by atoms with Gasteiger partial charge in [-0.05, 0) is 51.9 Å². The summed E-state index contributed by atoms with van der Waals surface area (Å²) in [5, 5.41) is 3.09. The smallest absolute Gasteiger partial charge is 0.317 e. The van der Waals surface area contributed by atoms with E-state index in [-0.39, 0.29) is 24.3 Å². The molecule has 1 aromatic rings. The van der Waals surface area contributed by atoms with Crippen molar-refractivity contribution in [3.05, 3.63) is 24.2 Å². The van der Waals surface area contributed by atoms with Gasteiger partial charge in [0.2, 0.25) is 0 Å². The van der Waals surface area contributed by atoms with Crippen LogP contribution < -0.4 is 5.32 Å². The van der Waals surface area contributed by atoms with Crippen LogP contribution >= 0.6 is 0 Å². The van der Waals surface area contributed by atoms with Gasteiger partial charge in [-0.1, -0.05) is 0 Å². The molecule has 0 spiro atoms. The van der Waals surface area contributed by atoms with Crippen LogP contribution in [0.15, 0.2) is 22.8 Å². The molecule has 0 bridgehead atoms. The molecule has 3 rings (SSSR count). The number of hydrogen-bond acceptors (Lipinski definition) is 4. The molecule has 2 aliphatic rings. The van der Waals surface area contributed by atoms with Gasteiger partial charge in [0.25, 0.3) is 0 Å². The minimum atomic E-state index is -0.0113. The Morgan fingerprint density at radius 3 is 2.61 bits per heavy atom. The lowest BCUT2D eigenvalue weighted by Crippen LogP contribution is -2.52. The van der Waals surface area contributed by atoms with Crippen molar-refractivity contribution in [2.45, 2.75) is 44.9 Å². The molecular weight excluding hydrogens is 294 g/mol. The standard InChI is InChI=1S/C17H27N3O3/c1-13-11-20(12-14(2)23-13)17(21)18-10-15(16-6-5-9-22-16)19-7-3-4-8-19/h5-6,9,13-15H,3-4,7-8,10-12H2,1-2H3,(H,18,21)/t13-,14+,15-/m0/s1. The van der Waals surface area contributed by atoms with Crippen molar-refractivity contribution in [1.29, 1.82) is 0 Å². The first-order valence-corrected chi connectivity index (χ1v) is 8.59.